The van der Waals surface area contributed by atoms with Gasteiger partial charge in [0.15, 0.2) is 0 Å². The number of nitrogens with zero attached hydrogens (tertiary/aromatic N) is 3. The summed E-state index contributed by atoms with van der Waals surface area (Å²) in [5.41, 5.74) is 1.91. The summed E-state index contributed by atoms with van der Waals surface area (Å²) in [7, 11) is 0. The summed E-state index contributed by atoms with van der Waals surface area (Å²) in [6.07, 6.45) is 1.69. The van der Waals surface area contributed by atoms with Gasteiger partial charge in [-0.15, -0.1) is 10.2 Å². The molecule has 0 saturated heterocycles. The highest BCUT2D eigenvalue weighted by atomic mass is 16.3. The monoisotopic (exact) mass is 381 g/mol. The lowest BCUT2D eigenvalue weighted by Crippen LogP contribution is -2.46. The molecule has 2 aromatic heterocycles. The highest BCUT2D eigenvalue weighted by Gasteiger charge is 2.26. The van der Waals surface area contributed by atoms with Crippen molar-refractivity contribution < 1.29 is 9.21 Å². The molecule has 3 heterocycles. The SMILES string of the molecule is Cc1c([C@H](C)NC(=O)NC2CCc3nnc(C(C)C)n3C2)oc2ccccc12. The van der Waals surface area contributed by atoms with E-state index in [-0.39, 0.29) is 18.1 Å². The predicted molar refractivity (Wildman–Crippen MR) is 107 cm³/mol. The topological polar surface area (TPSA) is 85.0 Å². The molecule has 0 fully saturated rings. The Bertz CT molecular complexity index is 1000. The van der Waals surface area contributed by atoms with Gasteiger partial charge in [-0.3, -0.25) is 0 Å². The molecule has 1 unspecified atom stereocenters. The third-order valence-electron chi connectivity index (χ3n) is 5.45. The summed E-state index contributed by atoms with van der Waals surface area (Å²) in [4.78, 5) is 12.6. The van der Waals surface area contributed by atoms with Crippen LogP contribution < -0.4 is 10.6 Å². The van der Waals surface area contributed by atoms with Crippen molar-refractivity contribution in [3.8, 4) is 0 Å². The van der Waals surface area contributed by atoms with Crippen LogP contribution in [0.15, 0.2) is 28.7 Å². The van der Waals surface area contributed by atoms with Gasteiger partial charge in [-0.05, 0) is 26.3 Å². The van der Waals surface area contributed by atoms with Gasteiger partial charge < -0.3 is 19.6 Å². The maximum absolute atomic E-state index is 12.6. The van der Waals surface area contributed by atoms with E-state index in [1.807, 2.05) is 38.1 Å². The van der Waals surface area contributed by atoms with Crippen molar-refractivity contribution in [2.45, 2.75) is 65.1 Å². The Morgan fingerprint density at radius 2 is 2.04 bits per heavy atom. The summed E-state index contributed by atoms with van der Waals surface area (Å²) in [6, 6.07) is 7.59. The first kappa shape index (κ1) is 18.5. The molecule has 148 valence electrons. The van der Waals surface area contributed by atoms with Crippen LogP contribution in [-0.4, -0.2) is 26.8 Å². The largest absolute Gasteiger partial charge is 0.459 e. The van der Waals surface area contributed by atoms with Crippen molar-refractivity contribution in [3.63, 3.8) is 0 Å². The number of rotatable bonds is 4. The fourth-order valence-electron chi connectivity index (χ4n) is 3.99. The number of urea groups is 1. The van der Waals surface area contributed by atoms with Crippen molar-refractivity contribution in [1.82, 2.24) is 25.4 Å². The van der Waals surface area contributed by atoms with Crippen LogP contribution >= 0.6 is 0 Å². The molecule has 4 rings (SSSR count). The van der Waals surface area contributed by atoms with Gasteiger partial charge in [-0.1, -0.05) is 32.0 Å². The number of nitrogens with one attached hydrogen (secondary N) is 2. The molecule has 0 spiro atoms. The number of furan rings is 1. The van der Waals surface area contributed by atoms with E-state index in [1.54, 1.807) is 0 Å². The van der Waals surface area contributed by atoms with E-state index in [0.717, 1.165) is 46.8 Å². The average Bonchev–Trinajstić information content (AvgIpc) is 3.23. The molecular formula is C21H27N5O2. The number of hydrogen-bond donors (Lipinski definition) is 2. The van der Waals surface area contributed by atoms with Crippen LogP contribution in [0.1, 0.15) is 62.1 Å². The zero-order valence-electron chi connectivity index (χ0n) is 16.8. The number of para-hydroxylation sites is 1. The second-order valence-electron chi connectivity index (χ2n) is 7.90. The molecule has 28 heavy (non-hydrogen) atoms. The molecule has 0 radical (unpaired) electrons. The third kappa shape index (κ3) is 3.37. The Hall–Kier alpha value is -2.83. The average molecular weight is 381 g/mol. The Kier molecular flexibility index (Phi) is 4.83. The van der Waals surface area contributed by atoms with Gasteiger partial charge in [-0.25, -0.2) is 4.79 Å². The van der Waals surface area contributed by atoms with Gasteiger partial charge >= 0.3 is 6.03 Å². The lowest BCUT2D eigenvalue weighted by molar-refractivity contribution is 0.228. The Morgan fingerprint density at radius 1 is 1.25 bits per heavy atom. The van der Waals surface area contributed by atoms with Crippen molar-refractivity contribution in [3.05, 3.63) is 47.2 Å². The zero-order valence-corrected chi connectivity index (χ0v) is 16.8. The number of amides is 2. The lowest BCUT2D eigenvalue weighted by Gasteiger charge is -2.26. The second kappa shape index (κ2) is 7.30. The molecule has 1 aliphatic heterocycles. The molecule has 7 heteroatoms. The molecular weight excluding hydrogens is 354 g/mol. The maximum atomic E-state index is 12.6. The Balaban J connectivity index is 1.41. The van der Waals surface area contributed by atoms with E-state index in [9.17, 15) is 4.79 Å². The highest BCUT2D eigenvalue weighted by molar-refractivity contribution is 5.82. The third-order valence-corrected chi connectivity index (χ3v) is 5.45. The Labute approximate surface area is 164 Å². The van der Waals surface area contributed by atoms with Gasteiger partial charge in [-0.2, -0.15) is 0 Å². The predicted octanol–water partition coefficient (Wildman–Crippen LogP) is 3.83. The fraction of sp³-hybridized carbons (Fsp3) is 0.476. The van der Waals surface area contributed by atoms with Crippen molar-refractivity contribution in [2.75, 3.05) is 0 Å². The van der Waals surface area contributed by atoms with E-state index in [4.69, 9.17) is 4.42 Å². The first-order valence-corrected chi connectivity index (χ1v) is 9.91. The second-order valence-corrected chi connectivity index (χ2v) is 7.90. The van der Waals surface area contributed by atoms with Crippen LogP contribution in [0.4, 0.5) is 4.79 Å². The fourth-order valence-corrected chi connectivity index (χ4v) is 3.99. The van der Waals surface area contributed by atoms with Crippen LogP contribution in [0.3, 0.4) is 0 Å². The van der Waals surface area contributed by atoms with Crippen LogP contribution in [0.5, 0.6) is 0 Å². The van der Waals surface area contributed by atoms with E-state index >= 15 is 0 Å². The molecule has 1 aromatic carbocycles. The van der Waals surface area contributed by atoms with Crippen LogP contribution in [0, 0.1) is 6.92 Å². The molecule has 0 saturated carbocycles. The van der Waals surface area contributed by atoms with E-state index in [1.165, 1.54) is 0 Å². The van der Waals surface area contributed by atoms with Crippen LogP contribution in [0.25, 0.3) is 11.0 Å². The van der Waals surface area contributed by atoms with E-state index in [2.05, 4.69) is 39.2 Å². The molecule has 7 nitrogen and oxygen atoms in total. The number of aromatic nitrogens is 3. The number of carbonyl (C=O) groups is 1. The van der Waals surface area contributed by atoms with Gasteiger partial charge in [0.25, 0.3) is 0 Å². The minimum Gasteiger partial charge on any atom is -0.459 e. The number of hydrogen-bond acceptors (Lipinski definition) is 4. The van der Waals surface area contributed by atoms with Crippen LogP contribution in [-0.2, 0) is 13.0 Å². The number of carbonyl (C=O) groups excluding carboxylic acids is 1. The standard InChI is InChI=1S/C21H27N5O2/c1-12(2)20-25-24-18-10-9-15(11-26(18)20)23-21(27)22-14(4)19-13(3)16-7-5-6-8-17(16)28-19/h5-8,12,14-15H,9-11H2,1-4H3,(H2,22,23,27)/t14-,15?/m0/s1. The molecule has 2 amide bonds. The maximum Gasteiger partial charge on any atom is 0.315 e. The minimum absolute atomic E-state index is 0.0602. The van der Waals surface area contributed by atoms with E-state index < -0.39 is 0 Å². The molecule has 1 aliphatic rings. The highest BCUT2D eigenvalue weighted by Crippen LogP contribution is 2.29. The molecule has 2 N–H and O–H groups in total. The van der Waals surface area contributed by atoms with Crippen molar-refractivity contribution in [2.24, 2.45) is 0 Å². The Morgan fingerprint density at radius 3 is 2.79 bits per heavy atom. The van der Waals surface area contributed by atoms with Gasteiger partial charge in [0.2, 0.25) is 0 Å². The minimum atomic E-state index is -0.215. The summed E-state index contributed by atoms with van der Waals surface area (Å²) in [5.74, 6) is 3.09. The summed E-state index contributed by atoms with van der Waals surface area (Å²) >= 11 is 0. The first-order valence-electron chi connectivity index (χ1n) is 9.91. The van der Waals surface area contributed by atoms with E-state index in [0.29, 0.717) is 12.5 Å². The molecule has 0 aliphatic carbocycles. The van der Waals surface area contributed by atoms with Crippen molar-refractivity contribution >= 4 is 17.0 Å². The number of benzene rings is 1. The van der Waals surface area contributed by atoms with Gasteiger partial charge in [0.05, 0.1) is 6.04 Å². The van der Waals surface area contributed by atoms with Crippen LogP contribution in [0.2, 0.25) is 0 Å². The summed E-state index contributed by atoms with van der Waals surface area (Å²) < 4.78 is 8.11. The quantitative estimate of drug-likeness (QED) is 0.719. The summed E-state index contributed by atoms with van der Waals surface area (Å²) in [6.45, 7) is 8.90. The van der Waals surface area contributed by atoms with Crippen molar-refractivity contribution in [1.29, 1.82) is 0 Å². The first-order chi connectivity index (χ1) is 13.4. The number of aryl methyl sites for hydroxylation is 2. The smallest absolute Gasteiger partial charge is 0.315 e. The molecule has 3 aromatic rings. The normalized spacial score (nSPS) is 17.5. The van der Waals surface area contributed by atoms with Gasteiger partial charge in [0.1, 0.15) is 23.0 Å². The van der Waals surface area contributed by atoms with Gasteiger partial charge in [0, 0.05) is 35.9 Å². The molecule has 2 atom stereocenters. The molecule has 0 bridgehead atoms. The lowest BCUT2D eigenvalue weighted by atomic mass is 10.1. The zero-order chi connectivity index (χ0) is 19.8. The number of fused-ring (bicyclic) bond motifs is 2. The summed E-state index contributed by atoms with van der Waals surface area (Å²) in [5, 5.41) is 15.8.